The molecule has 0 spiro atoms. The molecule has 1 rings (SSSR count). The Morgan fingerprint density at radius 3 is 2.06 bits per heavy atom. The van der Waals surface area contributed by atoms with Gasteiger partial charge in [-0.3, -0.25) is 10.1 Å². The van der Waals surface area contributed by atoms with E-state index in [1.54, 1.807) is 0 Å². The van der Waals surface area contributed by atoms with Gasteiger partial charge < -0.3 is 10.4 Å². The van der Waals surface area contributed by atoms with Crippen LogP contribution in [0.3, 0.4) is 0 Å². The topological polar surface area (TPSA) is 105 Å². The highest BCUT2D eigenvalue weighted by atomic mass is 19.4. The molecule has 0 radical (unpaired) electrons. The van der Waals surface area contributed by atoms with E-state index in [1.807, 2.05) is 5.28 Å². The fraction of sp³-hybridized carbons (Fsp3) is 0.143. The molecule has 1 aromatic carbocycles. The molecule has 0 bridgehead atoms. The summed E-state index contributed by atoms with van der Waals surface area (Å²) in [6.07, 6.45) is -5.15. The van der Waals surface area contributed by atoms with Crippen LogP contribution < -0.4 is 5.01 Å². The largest absolute Gasteiger partial charge is 0.568 e. The van der Waals surface area contributed by atoms with Crippen LogP contribution in [-0.4, -0.2) is 21.4 Å². The smallest absolute Gasteiger partial charge is 0.539 e. The number of rotatable bonds is 3. The molecular formula is C7H5F3N4O4. The lowest BCUT2D eigenvalue weighted by atomic mass is 10.3. The van der Waals surface area contributed by atoms with Gasteiger partial charge in [-0.15, -0.1) is 13.2 Å². The van der Waals surface area contributed by atoms with Crippen molar-refractivity contribution in [1.82, 2.24) is 0 Å². The van der Waals surface area contributed by atoms with E-state index in [2.05, 4.69) is 0 Å². The molecule has 0 aromatic heterocycles. The SMILES string of the molecule is O=[N+]([O-])c1ccc(N(/[N+]([O-])=N/O)C(F)(F)F)cc1. The van der Waals surface area contributed by atoms with Gasteiger partial charge in [0.15, 0.2) is 0 Å². The molecule has 1 N–H and O–H groups in total. The van der Waals surface area contributed by atoms with Gasteiger partial charge in [0.25, 0.3) is 5.69 Å². The lowest BCUT2D eigenvalue weighted by Crippen LogP contribution is -2.43. The Labute approximate surface area is 96.8 Å². The van der Waals surface area contributed by atoms with Crippen LogP contribution in [-0.2, 0) is 0 Å². The van der Waals surface area contributed by atoms with Crippen LogP contribution in [0.1, 0.15) is 0 Å². The third-order valence-corrected chi connectivity index (χ3v) is 1.79. The molecule has 0 heterocycles. The molecule has 1 aromatic rings. The van der Waals surface area contributed by atoms with Crippen LogP contribution >= 0.6 is 0 Å². The molecule has 0 saturated carbocycles. The Balaban J connectivity index is 3.19. The Hall–Kier alpha value is -2.59. The molecule has 0 amide bonds. The molecule has 0 aliphatic rings. The zero-order chi connectivity index (χ0) is 13.9. The number of hydrogen-bond acceptors (Lipinski definition) is 4. The van der Waals surface area contributed by atoms with Crippen molar-refractivity contribution < 1.29 is 28.3 Å². The van der Waals surface area contributed by atoms with E-state index >= 15 is 0 Å². The van der Waals surface area contributed by atoms with Gasteiger partial charge in [-0.25, -0.2) is 0 Å². The minimum absolute atomic E-state index is 0.445. The number of hydrazine groups is 1. The first-order valence-corrected chi connectivity index (χ1v) is 4.21. The maximum atomic E-state index is 12.5. The number of nitro groups is 1. The van der Waals surface area contributed by atoms with Gasteiger partial charge in [-0.05, 0) is 17.1 Å². The van der Waals surface area contributed by atoms with E-state index in [0.29, 0.717) is 12.1 Å². The van der Waals surface area contributed by atoms with Crippen molar-refractivity contribution in [1.29, 1.82) is 0 Å². The van der Waals surface area contributed by atoms with Crippen LogP contribution in [0.2, 0.25) is 0 Å². The average Bonchev–Trinajstić information content (AvgIpc) is 2.27. The molecule has 11 heteroatoms. The molecule has 98 valence electrons. The van der Waals surface area contributed by atoms with Crippen LogP contribution in [0, 0.1) is 15.3 Å². The Kier molecular flexibility index (Phi) is 3.54. The summed E-state index contributed by atoms with van der Waals surface area (Å²) in [6.45, 7) is 0. The number of nitrogens with zero attached hydrogens (tertiary/aromatic N) is 4. The second-order valence-electron chi connectivity index (χ2n) is 2.90. The number of anilines is 1. The molecule has 0 atom stereocenters. The molecule has 18 heavy (non-hydrogen) atoms. The molecule has 0 aliphatic heterocycles. The number of benzene rings is 1. The van der Waals surface area contributed by atoms with Crippen LogP contribution in [0.4, 0.5) is 24.5 Å². The van der Waals surface area contributed by atoms with Crippen molar-refractivity contribution in [2.45, 2.75) is 6.30 Å². The zero-order valence-electron chi connectivity index (χ0n) is 8.40. The first-order chi connectivity index (χ1) is 8.27. The number of hydrogen-bond donors (Lipinski definition) is 1. The van der Waals surface area contributed by atoms with Gasteiger partial charge >= 0.3 is 6.30 Å². The summed E-state index contributed by atoms with van der Waals surface area (Å²) in [7, 11) is 0. The van der Waals surface area contributed by atoms with E-state index in [4.69, 9.17) is 5.21 Å². The maximum Gasteiger partial charge on any atom is 0.539 e. The first-order valence-electron chi connectivity index (χ1n) is 4.21. The van der Waals surface area contributed by atoms with Gasteiger partial charge in [0.1, 0.15) is 5.69 Å². The quantitative estimate of drug-likeness (QED) is 0.297. The van der Waals surface area contributed by atoms with Gasteiger partial charge in [-0.2, -0.15) is 0 Å². The van der Waals surface area contributed by atoms with Crippen molar-refractivity contribution >= 4 is 11.4 Å². The number of nitro benzene ring substituents is 1. The van der Waals surface area contributed by atoms with Crippen LogP contribution in [0.25, 0.3) is 0 Å². The summed E-state index contributed by atoms with van der Waals surface area (Å²) in [5, 5.41) is 30.1. The maximum absolute atomic E-state index is 12.5. The molecule has 0 unspecified atom stereocenters. The van der Waals surface area contributed by atoms with Crippen molar-refractivity contribution in [3.63, 3.8) is 0 Å². The van der Waals surface area contributed by atoms with Crippen molar-refractivity contribution in [2.24, 2.45) is 5.28 Å². The van der Waals surface area contributed by atoms with Crippen LogP contribution in [0.5, 0.6) is 0 Å². The molecular weight excluding hydrogens is 261 g/mol. The van der Waals surface area contributed by atoms with E-state index < -0.39 is 32.6 Å². The van der Waals surface area contributed by atoms with E-state index in [0.717, 1.165) is 12.1 Å². The second-order valence-corrected chi connectivity index (χ2v) is 2.90. The highest BCUT2D eigenvalue weighted by Gasteiger charge is 2.46. The summed E-state index contributed by atoms with van der Waals surface area (Å²) in [5.41, 5.74) is -1.18. The van der Waals surface area contributed by atoms with Gasteiger partial charge in [-0.1, -0.05) is 0 Å². The molecule has 0 aliphatic carbocycles. The Morgan fingerprint density at radius 1 is 1.22 bits per heavy atom. The standard InChI is InChI=1S/C7H5F3N4O4/c8-7(9,10)12(14(18)11-15)5-1-3-6(4-2-5)13(16)17/h1-4,15H/b14-11-. The molecule has 8 nitrogen and oxygen atoms in total. The summed E-state index contributed by atoms with van der Waals surface area (Å²) >= 11 is 0. The third kappa shape index (κ3) is 2.75. The highest BCUT2D eigenvalue weighted by Crippen LogP contribution is 2.29. The minimum atomic E-state index is -5.15. The number of non-ortho nitro benzene ring substituents is 1. The molecule has 0 fully saturated rings. The fourth-order valence-electron chi connectivity index (χ4n) is 1.10. The lowest BCUT2D eigenvalue weighted by Gasteiger charge is -2.18. The summed E-state index contributed by atoms with van der Waals surface area (Å²) in [6, 6.07) is 2.95. The predicted molar refractivity (Wildman–Crippen MR) is 49.5 cm³/mol. The van der Waals surface area contributed by atoms with Crippen molar-refractivity contribution in [3.8, 4) is 0 Å². The van der Waals surface area contributed by atoms with Gasteiger partial charge in [0.05, 0.1) is 9.89 Å². The van der Waals surface area contributed by atoms with Gasteiger partial charge in [0, 0.05) is 12.1 Å². The summed E-state index contributed by atoms with van der Waals surface area (Å²) in [4.78, 5) is 8.40. The van der Waals surface area contributed by atoms with E-state index in [1.165, 1.54) is 0 Å². The molecule has 0 saturated heterocycles. The van der Waals surface area contributed by atoms with Crippen molar-refractivity contribution in [3.05, 3.63) is 39.6 Å². The average molecular weight is 266 g/mol. The van der Waals surface area contributed by atoms with E-state index in [-0.39, 0.29) is 0 Å². The minimum Gasteiger partial charge on any atom is -0.568 e. The first kappa shape index (κ1) is 13.5. The fourth-order valence-corrected chi connectivity index (χ4v) is 1.10. The van der Waals surface area contributed by atoms with Crippen molar-refractivity contribution in [2.75, 3.05) is 5.01 Å². The summed E-state index contributed by atoms with van der Waals surface area (Å²) in [5.74, 6) is 0. The zero-order valence-corrected chi connectivity index (χ0v) is 8.40. The number of alkyl halides is 3. The van der Waals surface area contributed by atoms with E-state index in [9.17, 15) is 28.5 Å². The second kappa shape index (κ2) is 4.73. The summed E-state index contributed by atoms with van der Waals surface area (Å²) < 4.78 is 37.4. The number of halogens is 3. The van der Waals surface area contributed by atoms with Crippen LogP contribution in [0.15, 0.2) is 29.5 Å². The monoisotopic (exact) mass is 266 g/mol. The lowest BCUT2D eigenvalue weighted by molar-refractivity contribution is -0.598. The Bertz CT molecular complexity index is 473. The Morgan fingerprint density at radius 2 is 1.72 bits per heavy atom. The van der Waals surface area contributed by atoms with Gasteiger partial charge in [0.2, 0.25) is 5.28 Å². The predicted octanol–water partition coefficient (Wildman–Crippen LogP) is 2.19. The highest BCUT2D eigenvalue weighted by molar-refractivity contribution is 5.49. The normalized spacial score (nSPS) is 12.3. The third-order valence-electron chi connectivity index (χ3n) is 1.79.